The third kappa shape index (κ3) is 5.42. The molecule has 0 saturated carbocycles. The molecule has 7 heteroatoms. The highest BCUT2D eigenvalue weighted by molar-refractivity contribution is 5.93. The first-order chi connectivity index (χ1) is 12.6. The van der Waals surface area contributed by atoms with Crippen molar-refractivity contribution in [3.05, 3.63) is 42.2 Å². The summed E-state index contributed by atoms with van der Waals surface area (Å²) in [6.45, 7) is 4.47. The van der Waals surface area contributed by atoms with E-state index in [2.05, 4.69) is 20.6 Å². The number of rotatable bonds is 6. The molecular formula is C19H25N5O2. The number of carbonyl (C=O) groups is 2. The van der Waals surface area contributed by atoms with Gasteiger partial charge in [0, 0.05) is 17.6 Å². The molecule has 1 saturated heterocycles. The lowest BCUT2D eigenvalue weighted by Crippen LogP contribution is -2.36. The zero-order chi connectivity index (χ0) is 18.4. The Bertz CT molecular complexity index is 748. The summed E-state index contributed by atoms with van der Waals surface area (Å²) >= 11 is 0. The molecule has 138 valence electrons. The predicted molar refractivity (Wildman–Crippen MR) is 101 cm³/mol. The third-order valence-electron chi connectivity index (χ3n) is 4.35. The molecule has 0 atom stereocenters. The number of hydrogen-bond acceptors (Lipinski definition) is 4. The number of likely N-dealkylation sites (tertiary alicyclic amines) is 1. The molecule has 2 N–H and O–H groups in total. The van der Waals surface area contributed by atoms with Crippen LogP contribution in [-0.4, -0.2) is 46.1 Å². The van der Waals surface area contributed by atoms with E-state index in [9.17, 15) is 9.59 Å². The van der Waals surface area contributed by atoms with Crippen LogP contribution in [0.4, 0.5) is 11.4 Å². The number of anilines is 2. The Kier molecular flexibility index (Phi) is 6.01. The van der Waals surface area contributed by atoms with Crippen molar-refractivity contribution >= 4 is 23.2 Å². The van der Waals surface area contributed by atoms with Crippen LogP contribution in [0, 0.1) is 6.92 Å². The van der Waals surface area contributed by atoms with E-state index in [1.165, 1.54) is 19.3 Å². The minimum absolute atomic E-state index is 0.00209. The zero-order valence-electron chi connectivity index (χ0n) is 15.1. The Balaban J connectivity index is 1.46. The number of carbonyl (C=O) groups excluding carboxylic acids is 2. The lowest BCUT2D eigenvalue weighted by molar-refractivity contribution is -0.118. The molecule has 7 nitrogen and oxygen atoms in total. The van der Waals surface area contributed by atoms with E-state index < -0.39 is 0 Å². The van der Waals surface area contributed by atoms with Gasteiger partial charge < -0.3 is 10.6 Å². The van der Waals surface area contributed by atoms with E-state index in [1.54, 1.807) is 35.1 Å². The van der Waals surface area contributed by atoms with Crippen molar-refractivity contribution in [2.24, 2.45) is 0 Å². The number of nitrogens with one attached hydrogen (secondary N) is 2. The summed E-state index contributed by atoms with van der Waals surface area (Å²) in [6, 6.07) is 9.00. The standard InChI is InChI=1S/C19H25N5O2/c1-15-9-12-24(22-15)14-19(26)21-17-7-5-16(6-8-17)20-18(25)13-23-10-3-2-4-11-23/h5-9,12H,2-4,10-11,13-14H2,1H3,(H,20,25)(H,21,26). The van der Waals surface area contributed by atoms with Gasteiger partial charge in [-0.15, -0.1) is 0 Å². The summed E-state index contributed by atoms with van der Waals surface area (Å²) in [6.07, 6.45) is 5.36. The monoisotopic (exact) mass is 355 g/mol. The van der Waals surface area contributed by atoms with Gasteiger partial charge in [0.1, 0.15) is 6.54 Å². The minimum Gasteiger partial charge on any atom is -0.325 e. The van der Waals surface area contributed by atoms with Crippen molar-refractivity contribution in [3.8, 4) is 0 Å². The van der Waals surface area contributed by atoms with Gasteiger partial charge in [-0.3, -0.25) is 19.2 Å². The molecule has 2 heterocycles. The van der Waals surface area contributed by atoms with Crippen molar-refractivity contribution < 1.29 is 9.59 Å². The van der Waals surface area contributed by atoms with Crippen molar-refractivity contribution in [2.75, 3.05) is 30.3 Å². The van der Waals surface area contributed by atoms with Gasteiger partial charge >= 0.3 is 0 Å². The van der Waals surface area contributed by atoms with Gasteiger partial charge in [-0.05, 0) is 63.2 Å². The minimum atomic E-state index is -0.144. The predicted octanol–water partition coefficient (Wildman–Crippen LogP) is 2.25. The number of amides is 2. The molecule has 0 aliphatic carbocycles. The van der Waals surface area contributed by atoms with Crippen molar-refractivity contribution in [3.63, 3.8) is 0 Å². The maximum Gasteiger partial charge on any atom is 0.246 e. The molecule has 0 unspecified atom stereocenters. The van der Waals surface area contributed by atoms with Gasteiger partial charge in [0.05, 0.1) is 12.2 Å². The Labute approximate surface area is 153 Å². The van der Waals surface area contributed by atoms with E-state index in [-0.39, 0.29) is 18.4 Å². The third-order valence-corrected chi connectivity index (χ3v) is 4.35. The van der Waals surface area contributed by atoms with Crippen LogP contribution in [0.2, 0.25) is 0 Å². The fourth-order valence-corrected chi connectivity index (χ4v) is 3.06. The normalized spacial score (nSPS) is 14.8. The topological polar surface area (TPSA) is 79.3 Å². The van der Waals surface area contributed by atoms with Crippen LogP contribution in [-0.2, 0) is 16.1 Å². The highest BCUT2D eigenvalue weighted by Crippen LogP contribution is 2.14. The summed E-state index contributed by atoms with van der Waals surface area (Å²) in [5.41, 5.74) is 2.29. The summed E-state index contributed by atoms with van der Waals surface area (Å²) < 4.78 is 1.60. The summed E-state index contributed by atoms with van der Waals surface area (Å²) in [5, 5.41) is 9.92. The summed E-state index contributed by atoms with van der Waals surface area (Å²) in [5.74, 6) is -0.146. The van der Waals surface area contributed by atoms with Crippen LogP contribution < -0.4 is 10.6 Å². The molecule has 0 bridgehead atoms. The molecule has 26 heavy (non-hydrogen) atoms. The maximum absolute atomic E-state index is 12.1. The van der Waals surface area contributed by atoms with Gasteiger partial charge in [0.15, 0.2) is 0 Å². The number of hydrogen-bond donors (Lipinski definition) is 2. The van der Waals surface area contributed by atoms with Crippen LogP contribution in [0.3, 0.4) is 0 Å². The average Bonchev–Trinajstić information content (AvgIpc) is 3.02. The molecule has 0 spiro atoms. The van der Waals surface area contributed by atoms with Crippen LogP contribution >= 0.6 is 0 Å². The first-order valence-corrected chi connectivity index (χ1v) is 9.01. The number of nitrogens with zero attached hydrogens (tertiary/aromatic N) is 3. The van der Waals surface area contributed by atoms with Crippen LogP contribution in [0.1, 0.15) is 25.0 Å². The molecule has 2 amide bonds. The first kappa shape index (κ1) is 18.1. The van der Waals surface area contributed by atoms with Crippen molar-refractivity contribution in [2.45, 2.75) is 32.7 Å². The second kappa shape index (κ2) is 8.62. The quantitative estimate of drug-likeness (QED) is 0.833. The molecule has 3 rings (SSSR count). The molecule has 1 aliphatic rings. The lowest BCUT2D eigenvalue weighted by Gasteiger charge is -2.25. The van der Waals surface area contributed by atoms with E-state index in [0.717, 1.165) is 24.5 Å². The number of benzene rings is 1. The van der Waals surface area contributed by atoms with Gasteiger partial charge in [0.2, 0.25) is 11.8 Å². The largest absolute Gasteiger partial charge is 0.325 e. The van der Waals surface area contributed by atoms with E-state index in [0.29, 0.717) is 12.2 Å². The molecule has 0 radical (unpaired) electrons. The molecule has 1 fully saturated rings. The lowest BCUT2D eigenvalue weighted by atomic mass is 10.1. The Morgan fingerprint density at radius 1 is 0.923 bits per heavy atom. The van der Waals surface area contributed by atoms with E-state index in [4.69, 9.17) is 0 Å². The SMILES string of the molecule is Cc1ccn(CC(=O)Nc2ccc(NC(=O)CN3CCCCC3)cc2)n1. The highest BCUT2D eigenvalue weighted by atomic mass is 16.2. The molecule has 1 aliphatic heterocycles. The van der Waals surface area contributed by atoms with Crippen molar-refractivity contribution in [1.82, 2.24) is 14.7 Å². The Morgan fingerprint density at radius 3 is 2.04 bits per heavy atom. The number of aryl methyl sites for hydroxylation is 1. The maximum atomic E-state index is 12.1. The average molecular weight is 355 g/mol. The Hall–Kier alpha value is -2.67. The van der Waals surface area contributed by atoms with Gasteiger partial charge in [0.25, 0.3) is 0 Å². The number of aromatic nitrogens is 2. The van der Waals surface area contributed by atoms with E-state index >= 15 is 0 Å². The molecule has 1 aromatic carbocycles. The van der Waals surface area contributed by atoms with E-state index in [1.807, 2.05) is 13.0 Å². The second-order valence-electron chi connectivity index (χ2n) is 6.67. The Morgan fingerprint density at radius 2 is 1.50 bits per heavy atom. The molecule has 1 aromatic heterocycles. The van der Waals surface area contributed by atoms with Gasteiger partial charge in [-0.25, -0.2) is 0 Å². The molecule has 2 aromatic rings. The van der Waals surface area contributed by atoms with Crippen LogP contribution in [0.5, 0.6) is 0 Å². The zero-order valence-corrected chi connectivity index (χ0v) is 15.1. The van der Waals surface area contributed by atoms with Gasteiger partial charge in [-0.2, -0.15) is 5.10 Å². The van der Waals surface area contributed by atoms with Crippen LogP contribution in [0.25, 0.3) is 0 Å². The first-order valence-electron chi connectivity index (χ1n) is 9.01. The number of piperidine rings is 1. The van der Waals surface area contributed by atoms with Crippen molar-refractivity contribution in [1.29, 1.82) is 0 Å². The summed E-state index contributed by atoms with van der Waals surface area (Å²) in [7, 11) is 0. The smallest absolute Gasteiger partial charge is 0.246 e. The fourth-order valence-electron chi connectivity index (χ4n) is 3.06. The molecular weight excluding hydrogens is 330 g/mol. The van der Waals surface area contributed by atoms with Gasteiger partial charge in [-0.1, -0.05) is 6.42 Å². The highest BCUT2D eigenvalue weighted by Gasteiger charge is 2.13. The summed E-state index contributed by atoms with van der Waals surface area (Å²) in [4.78, 5) is 26.3. The van der Waals surface area contributed by atoms with Crippen LogP contribution in [0.15, 0.2) is 36.5 Å². The second-order valence-corrected chi connectivity index (χ2v) is 6.67. The fraction of sp³-hybridized carbons (Fsp3) is 0.421.